The summed E-state index contributed by atoms with van der Waals surface area (Å²) in [5, 5.41) is 12.0. The first-order chi connectivity index (χ1) is 14.1. The van der Waals surface area contributed by atoms with Gasteiger partial charge in [0, 0.05) is 6.54 Å². The average molecular weight is 406 g/mol. The zero-order valence-electron chi connectivity index (χ0n) is 18.0. The molecule has 0 spiro atoms. The molecule has 0 fully saturated rings. The fourth-order valence-electron chi connectivity index (χ4n) is 3.18. The molecule has 0 bridgehead atoms. The number of hydrazine groups is 1. The predicted molar refractivity (Wildman–Crippen MR) is 118 cm³/mol. The Hall–Kier alpha value is -2.24. The van der Waals surface area contributed by atoms with Crippen LogP contribution in [0.25, 0.3) is 0 Å². The molecule has 0 saturated heterocycles. The molecular weight excluding hydrogens is 366 g/mol. The third-order valence-electron chi connectivity index (χ3n) is 4.93. The van der Waals surface area contributed by atoms with E-state index in [4.69, 9.17) is 0 Å². The normalized spacial score (nSPS) is 10.5. The van der Waals surface area contributed by atoms with E-state index in [1.54, 1.807) is 12.1 Å². The molecule has 29 heavy (non-hydrogen) atoms. The molecule has 0 aliphatic carbocycles. The van der Waals surface area contributed by atoms with Gasteiger partial charge < -0.3 is 10.4 Å². The van der Waals surface area contributed by atoms with Gasteiger partial charge in [0.2, 0.25) is 5.91 Å². The second kappa shape index (κ2) is 16.7. The number of benzene rings is 1. The number of urea groups is 1. The zero-order chi connectivity index (χ0) is 21.2. The van der Waals surface area contributed by atoms with Gasteiger partial charge in [0.05, 0.1) is 6.42 Å². The number of phenols is 1. The van der Waals surface area contributed by atoms with Crippen LogP contribution in [-0.4, -0.2) is 23.6 Å². The van der Waals surface area contributed by atoms with Crippen molar-refractivity contribution in [3.8, 4) is 5.75 Å². The predicted octanol–water partition coefficient (Wildman–Crippen LogP) is 4.97. The molecule has 164 valence electrons. The number of nitrogens with one attached hydrogen (secondary N) is 3. The molecule has 0 atom stereocenters. The lowest BCUT2D eigenvalue weighted by molar-refractivity contribution is -0.121. The fourth-order valence-corrected chi connectivity index (χ4v) is 3.18. The Bertz CT molecular complexity index is 561. The Labute approximate surface area is 175 Å². The number of hydrogen-bond donors (Lipinski definition) is 4. The van der Waals surface area contributed by atoms with Crippen LogP contribution >= 0.6 is 0 Å². The minimum absolute atomic E-state index is 0.138. The number of amides is 3. The molecule has 0 saturated carbocycles. The molecule has 6 nitrogen and oxygen atoms in total. The van der Waals surface area contributed by atoms with Gasteiger partial charge in [0.1, 0.15) is 5.75 Å². The van der Waals surface area contributed by atoms with Crippen LogP contribution in [0, 0.1) is 0 Å². The van der Waals surface area contributed by atoms with Crippen molar-refractivity contribution in [1.29, 1.82) is 0 Å². The first-order valence-corrected chi connectivity index (χ1v) is 11.2. The second-order valence-electron chi connectivity index (χ2n) is 7.66. The molecular formula is C23H39N3O3. The van der Waals surface area contributed by atoms with E-state index in [0.29, 0.717) is 6.54 Å². The summed E-state index contributed by atoms with van der Waals surface area (Å²) in [5.74, 6) is -0.152. The molecule has 0 radical (unpaired) electrons. The lowest BCUT2D eigenvalue weighted by Gasteiger charge is -2.09. The van der Waals surface area contributed by atoms with Crippen molar-refractivity contribution in [1.82, 2.24) is 16.2 Å². The largest absolute Gasteiger partial charge is 0.508 e. The number of rotatable bonds is 15. The fraction of sp³-hybridized carbons (Fsp3) is 0.652. The standard InChI is InChI=1S/C23H39N3O3/c1-2-3-4-5-6-7-8-9-10-11-12-13-18-24-23(29)26-25-22(28)19-20-14-16-21(27)17-15-20/h14-17,27H,2-13,18-19H2,1H3,(H,25,28)(H2,24,26,29). The first-order valence-electron chi connectivity index (χ1n) is 11.2. The van der Waals surface area contributed by atoms with Gasteiger partial charge in [-0.1, -0.05) is 89.7 Å². The summed E-state index contributed by atoms with van der Waals surface area (Å²) in [4.78, 5) is 23.5. The van der Waals surface area contributed by atoms with E-state index < -0.39 is 6.03 Å². The van der Waals surface area contributed by atoms with Crippen molar-refractivity contribution in [2.24, 2.45) is 0 Å². The molecule has 1 aromatic carbocycles. The highest BCUT2D eigenvalue weighted by Gasteiger charge is 2.05. The third-order valence-corrected chi connectivity index (χ3v) is 4.93. The maximum absolute atomic E-state index is 11.8. The summed E-state index contributed by atoms with van der Waals surface area (Å²) in [5.41, 5.74) is 5.50. The molecule has 0 heterocycles. The van der Waals surface area contributed by atoms with E-state index in [-0.39, 0.29) is 18.1 Å². The van der Waals surface area contributed by atoms with Gasteiger partial charge in [-0.2, -0.15) is 0 Å². The maximum atomic E-state index is 11.8. The van der Waals surface area contributed by atoms with Gasteiger partial charge in [0.25, 0.3) is 0 Å². The molecule has 1 aromatic rings. The summed E-state index contributed by atoms with van der Waals surface area (Å²) in [6, 6.07) is 5.99. The Morgan fingerprint density at radius 1 is 0.759 bits per heavy atom. The molecule has 0 aliphatic rings. The van der Waals surface area contributed by atoms with Crippen LogP contribution in [0.3, 0.4) is 0 Å². The molecule has 0 unspecified atom stereocenters. The number of carbonyl (C=O) groups is 2. The SMILES string of the molecule is CCCCCCCCCCCCCCNC(=O)NNC(=O)Cc1ccc(O)cc1. The van der Waals surface area contributed by atoms with Crippen molar-refractivity contribution in [2.45, 2.75) is 90.4 Å². The Kier molecular flexibility index (Phi) is 14.3. The molecule has 1 rings (SSSR count). The van der Waals surface area contributed by atoms with E-state index >= 15 is 0 Å². The molecule has 3 amide bonds. The molecule has 4 N–H and O–H groups in total. The van der Waals surface area contributed by atoms with Crippen LogP contribution in [-0.2, 0) is 11.2 Å². The summed E-state index contributed by atoms with van der Waals surface area (Å²) in [7, 11) is 0. The first kappa shape index (κ1) is 24.8. The van der Waals surface area contributed by atoms with Gasteiger partial charge in [-0.05, 0) is 24.1 Å². The van der Waals surface area contributed by atoms with Crippen LogP contribution < -0.4 is 16.2 Å². The summed E-state index contributed by atoms with van der Waals surface area (Å²) >= 11 is 0. The van der Waals surface area contributed by atoms with Crippen molar-refractivity contribution >= 4 is 11.9 Å². The monoisotopic (exact) mass is 405 g/mol. The van der Waals surface area contributed by atoms with Crippen molar-refractivity contribution in [3.63, 3.8) is 0 Å². The van der Waals surface area contributed by atoms with Crippen molar-refractivity contribution < 1.29 is 14.7 Å². The molecule has 0 aliphatic heterocycles. The van der Waals surface area contributed by atoms with E-state index in [1.807, 2.05) is 0 Å². The van der Waals surface area contributed by atoms with Gasteiger partial charge in [0.15, 0.2) is 0 Å². The third kappa shape index (κ3) is 14.4. The van der Waals surface area contributed by atoms with E-state index in [1.165, 1.54) is 76.3 Å². The zero-order valence-corrected chi connectivity index (χ0v) is 18.0. The summed E-state index contributed by atoms with van der Waals surface area (Å²) < 4.78 is 0. The van der Waals surface area contributed by atoms with Crippen molar-refractivity contribution in [2.75, 3.05) is 6.54 Å². The molecule has 6 heteroatoms. The number of carbonyl (C=O) groups excluding carboxylic acids is 2. The van der Waals surface area contributed by atoms with Crippen LogP contribution in [0.15, 0.2) is 24.3 Å². The Morgan fingerprint density at radius 3 is 1.83 bits per heavy atom. The van der Waals surface area contributed by atoms with E-state index in [9.17, 15) is 14.7 Å². The van der Waals surface area contributed by atoms with Gasteiger partial charge in [-0.3, -0.25) is 10.2 Å². The van der Waals surface area contributed by atoms with E-state index in [2.05, 4.69) is 23.1 Å². The highest BCUT2D eigenvalue weighted by molar-refractivity contribution is 5.82. The maximum Gasteiger partial charge on any atom is 0.333 e. The highest BCUT2D eigenvalue weighted by atomic mass is 16.3. The topological polar surface area (TPSA) is 90.5 Å². The van der Waals surface area contributed by atoms with E-state index in [0.717, 1.165) is 18.4 Å². The van der Waals surface area contributed by atoms with Crippen molar-refractivity contribution in [3.05, 3.63) is 29.8 Å². The number of aromatic hydroxyl groups is 1. The van der Waals surface area contributed by atoms with Gasteiger partial charge in [-0.25, -0.2) is 10.2 Å². The van der Waals surface area contributed by atoms with Crippen LogP contribution in [0.4, 0.5) is 4.79 Å². The second-order valence-corrected chi connectivity index (χ2v) is 7.66. The van der Waals surface area contributed by atoms with Crippen LogP contribution in [0.1, 0.15) is 89.5 Å². The lowest BCUT2D eigenvalue weighted by atomic mass is 10.1. The average Bonchev–Trinajstić information content (AvgIpc) is 2.71. The highest BCUT2D eigenvalue weighted by Crippen LogP contribution is 2.12. The van der Waals surface area contributed by atoms with Gasteiger partial charge in [-0.15, -0.1) is 0 Å². The quantitative estimate of drug-likeness (QED) is 0.245. The Balaban J connectivity index is 1.89. The smallest absolute Gasteiger partial charge is 0.333 e. The number of unbranched alkanes of at least 4 members (excludes halogenated alkanes) is 11. The Morgan fingerprint density at radius 2 is 1.28 bits per heavy atom. The minimum atomic E-state index is -0.396. The molecule has 0 aromatic heterocycles. The number of hydrogen-bond acceptors (Lipinski definition) is 3. The summed E-state index contributed by atoms with van der Waals surface area (Å²) in [6.45, 7) is 2.86. The van der Waals surface area contributed by atoms with Gasteiger partial charge >= 0.3 is 6.03 Å². The minimum Gasteiger partial charge on any atom is -0.508 e. The lowest BCUT2D eigenvalue weighted by Crippen LogP contribution is -2.47. The summed E-state index contributed by atoms with van der Waals surface area (Å²) in [6.07, 6.45) is 15.5. The van der Waals surface area contributed by atoms with Crippen LogP contribution in [0.2, 0.25) is 0 Å². The number of phenolic OH excluding ortho intramolecular Hbond substituents is 1. The van der Waals surface area contributed by atoms with Crippen LogP contribution in [0.5, 0.6) is 5.75 Å².